The van der Waals surface area contributed by atoms with Crippen molar-refractivity contribution in [1.82, 2.24) is 0 Å². The van der Waals surface area contributed by atoms with Crippen LogP contribution in [0.2, 0.25) is 0 Å². The number of benzene rings is 1. The van der Waals surface area contributed by atoms with Crippen LogP contribution in [0, 0.1) is 18.9 Å². The molecule has 0 saturated heterocycles. The summed E-state index contributed by atoms with van der Waals surface area (Å²) in [5.74, 6) is -0.506. The van der Waals surface area contributed by atoms with Gasteiger partial charge in [-0.2, -0.15) is 23.8 Å². The number of ketones is 2. The van der Waals surface area contributed by atoms with E-state index in [2.05, 4.69) is 6.07 Å². The molecule has 0 spiro atoms. The van der Waals surface area contributed by atoms with Gasteiger partial charge in [-0.05, 0) is 6.92 Å². The smallest absolute Gasteiger partial charge is 0.148 e. The molecule has 2 rings (SSSR count). The second-order valence-electron chi connectivity index (χ2n) is 3.79. The van der Waals surface area contributed by atoms with E-state index in [1.807, 2.05) is 19.1 Å². The summed E-state index contributed by atoms with van der Waals surface area (Å²) < 4.78 is 0. The summed E-state index contributed by atoms with van der Waals surface area (Å²) >= 11 is 0. The number of Topliss-reactive ketones (excluding diaryl/α,β-unsaturated/α-hetero) is 2. The van der Waals surface area contributed by atoms with Crippen LogP contribution >= 0.6 is 0 Å². The largest absolute Gasteiger partial charge is 0.299 e. The van der Waals surface area contributed by atoms with E-state index in [1.54, 1.807) is 0 Å². The molecule has 0 N–H and O–H groups in total. The number of aryl methyl sites for hydroxylation is 1. The van der Waals surface area contributed by atoms with Crippen LogP contribution in [0.1, 0.15) is 28.4 Å². The van der Waals surface area contributed by atoms with E-state index in [0.29, 0.717) is 12.0 Å². The molecule has 75 valence electrons. The van der Waals surface area contributed by atoms with Crippen LogP contribution in [-0.2, 0) is 43.9 Å². The summed E-state index contributed by atoms with van der Waals surface area (Å²) in [5.41, 5.74) is 2.61. The van der Waals surface area contributed by atoms with Gasteiger partial charge in [0.05, 0.1) is 5.92 Å². The van der Waals surface area contributed by atoms with Gasteiger partial charge in [-0.15, -0.1) is 5.56 Å². The van der Waals surface area contributed by atoms with Crippen LogP contribution in [-0.4, -0.2) is 11.6 Å². The summed E-state index contributed by atoms with van der Waals surface area (Å²) in [6.45, 7) is 3.37. The first-order valence-electron chi connectivity index (χ1n) is 4.65. The van der Waals surface area contributed by atoms with Gasteiger partial charge < -0.3 is 0 Å². The van der Waals surface area contributed by atoms with Crippen molar-refractivity contribution in [3.05, 3.63) is 34.9 Å². The molecule has 1 unspecified atom stereocenters. The average Bonchev–Trinajstić information content (AvgIpc) is 2.44. The molecule has 0 saturated carbocycles. The van der Waals surface area contributed by atoms with Gasteiger partial charge in [0.15, 0.2) is 0 Å². The third-order valence-corrected chi connectivity index (χ3v) is 2.68. The zero-order valence-corrected chi connectivity index (χ0v) is 11.7. The first kappa shape index (κ1) is 12.7. The Morgan fingerprint density at radius 2 is 2.20 bits per heavy atom. The van der Waals surface area contributed by atoms with Crippen molar-refractivity contribution in [2.75, 3.05) is 0 Å². The van der Waals surface area contributed by atoms with Gasteiger partial charge >= 0.3 is 0 Å². The monoisotopic (exact) mass is 276 g/mol. The normalized spacial score (nSPS) is 18.3. The molecular formula is C12H11O2Y-. The number of hydrogen-bond donors (Lipinski definition) is 0. The van der Waals surface area contributed by atoms with E-state index in [-0.39, 0.29) is 44.3 Å². The minimum absolute atomic E-state index is 0. The zero-order chi connectivity index (χ0) is 10.3. The van der Waals surface area contributed by atoms with Crippen LogP contribution in [0.25, 0.3) is 0 Å². The second kappa shape index (κ2) is 4.67. The number of carbonyl (C=O) groups excluding carboxylic acids is 2. The molecule has 0 amide bonds. The van der Waals surface area contributed by atoms with E-state index in [4.69, 9.17) is 0 Å². The molecule has 0 aromatic heterocycles. The van der Waals surface area contributed by atoms with E-state index >= 15 is 0 Å². The van der Waals surface area contributed by atoms with Gasteiger partial charge in [0.2, 0.25) is 0 Å². The van der Waals surface area contributed by atoms with Crippen molar-refractivity contribution in [1.29, 1.82) is 0 Å². The fraction of sp³-hybridized carbons (Fsp3) is 0.333. The van der Waals surface area contributed by atoms with Gasteiger partial charge in [-0.1, -0.05) is 18.9 Å². The number of rotatable bonds is 1. The Balaban J connectivity index is 0.00000112. The average molecular weight is 276 g/mol. The van der Waals surface area contributed by atoms with Crippen LogP contribution < -0.4 is 0 Å². The second-order valence-corrected chi connectivity index (χ2v) is 3.79. The Morgan fingerprint density at radius 1 is 1.53 bits per heavy atom. The van der Waals surface area contributed by atoms with Gasteiger partial charge in [0, 0.05) is 32.7 Å². The predicted molar refractivity (Wildman–Crippen MR) is 52.2 cm³/mol. The van der Waals surface area contributed by atoms with Gasteiger partial charge in [0.25, 0.3) is 0 Å². The third-order valence-electron chi connectivity index (χ3n) is 2.68. The molecule has 1 aromatic carbocycles. The molecule has 0 aliphatic heterocycles. The maximum Gasteiger partial charge on any atom is 0.148 e. The summed E-state index contributed by atoms with van der Waals surface area (Å²) in [5, 5.41) is 0. The van der Waals surface area contributed by atoms with E-state index < -0.39 is 5.92 Å². The van der Waals surface area contributed by atoms with Crippen molar-refractivity contribution >= 4 is 11.6 Å². The van der Waals surface area contributed by atoms with Crippen LogP contribution in [0.5, 0.6) is 0 Å². The van der Waals surface area contributed by atoms with Crippen LogP contribution in [0.15, 0.2) is 12.1 Å². The Labute approximate surface area is 114 Å². The SMILES string of the molecule is CC(=O)C1Cc2c[c-]c(C)cc2C1=O.[Y]. The maximum absolute atomic E-state index is 11.8. The topological polar surface area (TPSA) is 34.1 Å². The fourth-order valence-electron chi connectivity index (χ4n) is 1.86. The molecule has 1 aliphatic carbocycles. The summed E-state index contributed by atoms with van der Waals surface area (Å²) in [6.07, 6.45) is 0.556. The summed E-state index contributed by atoms with van der Waals surface area (Å²) in [7, 11) is 0. The van der Waals surface area contributed by atoms with Crippen LogP contribution in [0.3, 0.4) is 0 Å². The van der Waals surface area contributed by atoms with E-state index in [1.165, 1.54) is 6.92 Å². The van der Waals surface area contributed by atoms with Gasteiger partial charge in [-0.3, -0.25) is 9.59 Å². The van der Waals surface area contributed by atoms with Crippen LogP contribution in [0.4, 0.5) is 0 Å². The predicted octanol–water partition coefficient (Wildman–Crippen LogP) is 1.74. The molecule has 3 heteroatoms. The molecule has 2 nitrogen and oxygen atoms in total. The molecule has 1 radical (unpaired) electrons. The van der Waals surface area contributed by atoms with Crippen molar-refractivity contribution < 1.29 is 42.3 Å². The Bertz CT molecular complexity index is 424. The van der Waals surface area contributed by atoms with Crippen molar-refractivity contribution in [2.45, 2.75) is 20.3 Å². The first-order valence-corrected chi connectivity index (χ1v) is 4.65. The minimum atomic E-state index is -0.444. The standard InChI is InChI=1S/C12H11O2.Y/c1-7-3-4-9-6-10(8(2)13)12(14)11(9)5-7;/h4-5,10H,6H2,1-2H3;/q-1;. The Kier molecular flexibility index (Phi) is 3.96. The molecule has 0 fully saturated rings. The number of carbonyl (C=O) groups is 2. The third kappa shape index (κ3) is 2.26. The van der Waals surface area contributed by atoms with Crippen molar-refractivity contribution in [3.63, 3.8) is 0 Å². The Morgan fingerprint density at radius 3 is 2.80 bits per heavy atom. The molecule has 1 atom stereocenters. The fourth-order valence-corrected chi connectivity index (χ4v) is 1.86. The Hall–Kier alpha value is -0.336. The molecule has 0 heterocycles. The van der Waals surface area contributed by atoms with Crippen molar-refractivity contribution in [3.8, 4) is 0 Å². The number of fused-ring (bicyclic) bond motifs is 1. The minimum Gasteiger partial charge on any atom is -0.299 e. The first-order chi connectivity index (χ1) is 6.59. The molecular weight excluding hydrogens is 265 g/mol. The molecule has 1 aromatic rings. The van der Waals surface area contributed by atoms with Gasteiger partial charge in [-0.25, -0.2) is 0 Å². The van der Waals surface area contributed by atoms with E-state index in [0.717, 1.165) is 11.1 Å². The summed E-state index contributed by atoms with van der Waals surface area (Å²) in [4.78, 5) is 22.9. The molecule has 15 heavy (non-hydrogen) atoms. The summed E-state index contributed by atoms with van der Waals surface area (Å²) in [6, 6.07) is 6.69. The molecule has 1 aliphatic rings. The van der Waals surface area contributed by atoms with Crippen molar-refractivity contribution in [2.24, 2.45) is 5.92 Å². The van der Waals surface area contributed by atoms with Gasteiger partial charge in [0.1, 0.15) is 11.6 Å². The quantitative estimate of drug-likeness (QED) is 0.578. The van der Waals surface area contributed by atoms with E-state index in [9.17, 15) is 9.59 Å². The maximum atomic E-state index is 11.8. The zero-order valence-electron chi connectivity index (χ0n) is 8.83. The number of hydrogen-bond acceptors (Lipinski definition) is 2. The molecule has 0 bridgehead atoms.